The van der Waals surface area contributed by atoms with E-state index in [1.807, 2.05) is 6.07 Å². The van der Waals surface area contributed by atoms with Crippen LogP contribution >= 0.6 is 15.9 Å². The number of fused-ring (bicyclic) bond motifs is 1. The highest BCUT2D eigenvalue weighted by Gasteiger charge is 2.08. The van der Waals surface area contributed by atoms with Gasteiger partial charge in [0.1, 0.15) is 0 Å². The number of nitrogens with one attached hydrogen (secondary N) is 1. The minimum absolute atomic E-state index is 0.536. The molecule has 0 saturated heterocycles. The van der Waals surface area contributed by atoms with Crippen molar-refractivity contribution >= 4 is 26.8 Å². The fourth-order valence-electron chi connectivity index (χ4n) is 1.57. The maximum atomic E-state index is 5.60. The van der Waals surface area contributed by atoms with Crippen molar-refractivity contribution in [2.24, 2.45) is 5.73 Å². The molecule has 0 saturated carbocycles. The molecule has 1 heterocycles. The molecule has 0 unspecified atom stereocenters. The Bertz CT molecular complexity index is 445. The van der Waals surface area contributed by atoms with Crippen molar-refractivity contribution < 1.29 is 0 Å². The number of H-pyrrole nitrogens is 1. The first-order chi connectivity index (χ1) is 6.24. The quantitative estimate of drug-likeness (QED) is 0.789. The topological polar surface area (TPSA) is 41.8 Å². The van der Waals surface area contributed by atoms with Gasteiger partial charge in [0.2, 0.25) is 0 Å². The van der Waals surface area contributed by atoms with Crippen LogP contribution in [0.25, 0.3) is 10.9 Å². The van der Waals surface area contributed by atoms with E-state index in [9.17, 15) is 0 Å². The van der Waals surface area contributed by atoms with Crippen molar-refractivity contribution in [1.29, 1.82) is 0 Å². The Morgan fingerprint density at radius 3 is 2.85 bits per heavy atom. The van der Waals surface area contributed by atoms with Gasteiger partial charge in [-0.1, -0.05) is 12.1 Å². The summed E-state index contributed by atoms with van der Waals surface area (Å²) in [5.74, 6) is 0. The summed E-state index contributed by atoms with van der Waals surface area (Å²) in [5.41, 5.74) is 9.07. The van der Waals surface area contributed by atoms with Gasteiger partial charge in [0.05, 0.1) is 0 Å². The average molecular weight is 239 g/mol. The second-order valence-corrected chi connectivity index (χ2v) is 3.91. The molecule has 68 valence electrons. The van der Waals surface area contributed by atoms with Crippen molar-refractivity contribution in [3.05, 3.63) is 33.9 Å². The molecule has 2 nitrogen and oxygen atoms in total. The van der Waals surface area contributed by atoms with E-state index in [0.29, 0.717) is 6.54 Å². The molecule has 0 aliphatic carbocycles. The van der Waals surface area contributed by atoms with E-state index in [1.165, 1.54) is 10.9 Å². The van der Waals surface area contributed by atoms with Crippen molar-refractivity contribution in [2.75, 3.05) is 0 Å². The SMILES string of the molecule is Cc1cccc2[nH]c(CN)c(Br)c12. The summed E-state index contributed by atoms with van der Waals surface area (Å²) in [4.78, 5) is 3.28. The van der Waals surface area contributed by atoms with Crippen LogP contribution in [-0.2, 0) is 6.54 Å². The van der Waals surface area contributed by atoms with Gasteiger partial charge in [-0.2, -0.15) is 0 Å². The summed E-state index contributed by atoms with van der Waals surface area (Å²) in [6, 6.07) is 6.20. The van der Waals surface area contributed by atoms with Crippen molar-refractivity contribution in [2.45, 2.75) is 13.5 Å². The zero-order valence-electron chi connectivity index (χ0n) is 7.39. The van der Waals surface area contributed by atoms with Gasteiger partial charge in [-0.15, -0.1) is 0 Å². The van der Waals surface area contributed by atoms with Crippen LogP contribution in [0.15, 0.2) is 22.7 Å². The van der Waals surface area contributed by atoms with Gasteiger partial charge >= 0.3 is 0 Å². The average Bonchev–Trinajstić information content (AvgIpc) is 2.44. The van der Waals surface area contributed by atoms with Crippen molar-refractivity contribution in [3.63, 3.8) is 0 Å². The first-order valence-corrected chi connectivity index (χ1v) is 4.99. The van der Waals surface area contributed by atoms with Crippen molar-refractivity contribution in [3.8, 4) is 0 Å². The Hall–Kier alpha value is -0.800. The highest BCUT2D eigenvalue weighted by Crippen LogP contribution is 2.29. The number of nitrogens with two attached hydrogens (primary N) is 1. The van der Waals surface area contributed by atoms with Crippen LogP contribution in [0, 0.1) is 6.92 Å². The Kier molecular flexibility index (Phi) is 2.14. The third kappa shape index (κ3) is 1.28. The van der Waals surface area contributed by atoms with E-state index in [4.69, 9.17) is 5.73 Å². The molecule has 0 aliphatic heterocycles. The number of aromatic amines is 1. The molecule has 0 amide bonds. The minimum Gasteiger partial charge on any atom is -0.356 e. The lowest BCUT2D eigenvalue weighted by atomic mass is 10.1. The van der Waals surface area contributed by atoms with E-state index in [1.54, 1.807) is 0 Å². The predicted octanol–water partition coefficient (Wildman–Crippen LogP) is 2.70. The highest BCUT2D eigenvalue weighted by molar-refractivity contribution is 9.10. The molecule has 0 fully saturated rings. The van der Waals surface area contributed by atoms with Gasteiger partial charge in [0.25, 0.3) is 0 Å². The van der Waals surface area contributed by atoms with E-state index in [0.717, 1.165) is 15.7 Å². The van der Waals surface area contributed by atoms with Crippen LogP contribution in [0.1, 0.15) is 11.3 Å². The smallest absolute Gasteiger partial charge is 0.0477 e. The van der Waals surface area contributed by atoms with Gasteiger partial charge in [0.15, 0.2) is 0 Å². The molecule has 3 N–H and O–H groups in total. The summed E-state index contributed by atoms with van der Waals surface area (Å²) in [7, 11) is 0. The van der Waals surface area contributed by atoms with E-state index < -0.39 is 0 Å². The third-order valence-corrected chi connectivity index (χ3v) is 3.12. The fraction of sp³-hybridized carbons (Fsp3) is 0.200. The second kappa shape index (κ2) is 3.16. The number of benzene rings is 1. The van der Waals surface area contributed by atoms with E-state index in [2.05, 4.69) is 40.0 Å². The number of aromatic nitrogens is 1. The van der Waals surface area contributed by atoms with Crippen LogP contribution in [0.3, 0.4) is 0 Å². The highest BCUT2D eigenvalue weighted by atomic mass is 79.9. The molecule has 0 spiro atoms. The first kappa shape index (κ1) is 8.78. The summed E-state index contributed by atoms with van der Waals surface area (Å²) >= 11 is 3.55. The molecular weight excluding hydrogens is 228 g/mol. The monoisotopic (exact) mass is 238 g/mol. The summed E-state index contributed by atoms with van der Waals surface area (Å²) in [6.07, 6.45) is 0. The summed E-state index contributed by atoms with van der Waals surface area (Å²) in [5, 5.41) is 1.24. The zero-order valence-corrected chi connectivity index (χ0v) is 8.98. The van der Waals surface area contributed by atoms with Gasteiger partial charge in [-0.05, 0) is 34.5 Å². The largest absolute Gasteiger partial charge is 0.356 e. The first-order valence-electron chi connectivity index (χ1n) is 4.19. The van der Waals surface area contributed by atoms with Crippen LogP contribution in [0.4, 0.5) is 0 Å². The standard InChI is InChI=1S/C10H11BrN2/c1-6-3-2-4-7-9(6)10(11)8(5-12)13-7/h2-4,13H,5,12H2,1H3. The Morgan fingerprint density at radius 1 is 1.46 bits per heavy atom. The molecule has 2 aromatic rings. The molecular formula is C10H11BrN2. The van der Waals surface area contributed by atoms with Gasteiger partial charge < -0.3 is 10.7 Å². The molecule has 13 heavy (non-hydrogen) atoms. The lowest BCUT2D eigenvalue weighted by Gasteiger charge is -1.95. The summed E-state index contributed by atoms with van der Waals surface area (Å²) in [6.45, 7) is 2.63. The van der Waals surface area contributed by atoms with Gasteiger partial charge in [-0.25, -0.2) is 0 Å². The molecule has 0 aliphatic rings. The number of rotatable bonds is 1. The molecule has 1 aromatic carbocycles. The third-order valence-electron chi connectivity index (χ3n) is 2.25. The van der Waals surface area contributed by atoms with Crippen LogP contribution in [0.5, 0.6) is 0 Å². The minimum atomic E-state index is 0.536. The van der Waals surface area contributed by atoms with Crippen LogP contribution in [0.2, 0.25) is 0 Å². The molecule has 1 aromatic heterocycles. The maximum absolute atomic E-state index is 5.60. The van der Waals surface area contributed by atoms with Crippen molar-refractivity contribution in [1.82, 2.24) is 4.98 Å². The zero-order chi connectivity index (χ0) is 9.42. The lowest BCUT2D eigenvalue weighted by Crippen LogP contribution is -1.96. The lowest BCUT2D eigenvalue weighted by molar-refractivity contribution is 1.01. The second-order valence-electron chi connectivity index (χ2n) is 3.12. The van der Waals surface area contributed by atoms with Gasteiger partial charge in [-0.3, -0.25) is 0 Å². The van der Waals surface area contributed by atoms with Crippen LogP contribution < -0.4 is 5.73 Å². The van der Waals surface area contributed by atoms with Crippen LogP contribution in [-0.4, -0.2) is 4.98 Å². The van der Waals surface area contributed by atoms with E-state index in [-0.39, 0.29) is 0 Å². The number of hydrogen-bond donors (Lipinski definition) is 2. The summed E-state index contributed by atoms with van der Waals surface area (Å²) < 4.78 is 1.10. The molecule has 0 radical (unpaired) electrons. The Morgan fingerprint density at radius 2 is 2.23 bits per heavy atom. The Balaban J connectivity index is 2.85. The Labute approximate surface area is 85.3 Å². The van der Waals surface area contributed by atoms with E-state index >= 15 is 0 Å². The predicted molar refractivity (Wildman–Crippen MR) is 58.6 cm³/mol. The fourth-order valence-corrected chi connectivity index (χ4v) is 2.36. The molecule has 0 bridgehead atoms. The van der Waals surface area contributed by atoms with Gasteiger partial charge in [0, 0.05) is 27.6 Å². The molecule has 0 atom stereocenters. The number of hydrogen-bond acceptors (Lipinski definition) is 1. The maximum Gasteiger partial charge on any atom is 0.0477 e. The number of halogens is 1. The molecule has 3 heteroatoms. The number of aryl methyl sites for hydroxylation is 1. The molecule has 2 rings (SSSR count). The normalized spacial score (nSPS) is 11.0.